The van der Waals surface area contributed by atoms with Crippen LogP contribution in [0.3, 0.4) is 0 Å². The van der Waals surface area contributed by atoms with Crippen LogP contribution in [-0.2, 0) is 4.79 Å². The Kier molecular flexibility index (Phi) is 4.90. The van der Waals surface area contributed by atoms with Gasteiger partial charge in [-0.15, -0.1) is 12.4 Å². The van der Waals surface area contributed by atoms with Crippen molar-refractivity contribution in [3.05, 3.63) is 29.6 Å². The predicted molar refractivity (Wildman–Crippen MR) is 68.0 cm³/mol. The Morgan fingerprint density at radius 3 is 2.88 bits per heavy atom. The lowest BCUT2D eigenvalue weighted by molar-refractivity contribution is -0.117. The molecule has 1 aliphatic rings. The highest BCUT2D eigenvalue weighted by molar-refractivity contribution is 5.95. The molecule has 3 nitrogen and oxygen atoms in total. The molecular formula is C12H16ClFN2O. The van der Waals surface area contributed by atoms with Crippen LogP contribution in [0.2, 0.25) is 0 Å². The lowest BCUT2D eigenvalue weighted by atomic mass is 10.2. The maximum atomic E-state index is 13.5. The molecule has 1 unspecified atom stereocenters. The molecule has 2 N–H and O–H groups in total. The number of anilines is 1. The number of aryl methyl sites for hydroxylation is 1. The molecule has 0 aromatic heterocycles. The van der Waals surface area contributed by atoms with Crippen molar-refractivity contribution in [3.63, 3.8) is 0 Å². The summed E-state index contributed by atoms with van der Waals surface area (Å²) in [7, 11) is 0. The van der Waals surface area contributed by atoms with Crippen molar-refractivity contribution in [1.82, 2.24) is 5.32 Å². The van der Waals surface area contributed by atoms with E-state index in [-0.39, 0.29) is 35.9 Å². The minimum atomic E-state index is -0.383. The molecule has 1 amide bonds. The summed E-state index contributed by atoms with van der Waals surface area (Å²) >= 11 is 0. The lowest BCUT2D eigenvalue weighted by Gasteiger charge is -2.11. The van der Waals surface area contributed by atoms with E-state index in [1.807, 2.05) is 6.92 Å². The standard InChI is InChI=1S/C12H15FN2O.ClH/c1-8-4-5-10(9(13)7-8)15-12(16)11-3-2-6-14-11;/h4-5,7,11,14H,2-3,6H2,1H3,(H,15,16);1H. The van der Waals surface area contributed by atoms with E-state index < -0.39 is 0 Å². The summed E-state index contributed by atoms with van der Waals surface area (Å²) < 4.78 is 13.5. The highest BCUT2D eigenvalue weighted by atomic mass is 35.5. The van der Waals surface area contributed by atoms with E-state index >= 15 is 0 Å². The van der Waals surface area contributed by atoms with Gasteiger partial charge in [0, 0.05) is 0 Å². The third-order valence-corrected chi connectivity index (χ3v) is 2.76. The lowest BCUT2D eigenvalue weighted by Crippen LogP contribution is -2.35. The highest BCUT2D eigenvalue weighted by Gasteiger charge is 2.22. The third-order valence-electron chi connectivity index (χ3n) is 2.76. The summed E-state index contributed by atoms with van der Waals surface area (Å²) in [5, 5.41) is 5.68. The number of rotatable bonds is 2. The molecule has 0 saturated carbocycles. The fourth-order valence-corrected chi connectivity index (χ4v) is 1.85. The van der Waals surface area contributed by atoms with Crippen molar-refractivity contribution in [2.24, 2.45) is 0 Å². The van der Waals surface area contributed by atoms with Crippen LogP contribution < -0.4 is 10.6 Å². The summed E-state index contributed by atoms with van der Waals surface area (Å²) in [6.07, 6.45) is 1.81. The molecule has 1 aliphatic heterocycles. The number of hydrogen-bond acceptors (Lipinski definition) is 2. The van der Waals surface area contributed by atoms with Gasteiger partial charge in [0.2, 0.25) is 5.91 Å². The zero-order chi connectivity index (χ0) is 11.5. The SMILES string of the molecule is Cc1ccc(NC(=O)C2CCCN2)c(F)c1.Cl. The Hall–Kier alpha value is -1.13. The molecule has 1 aromatic rings. The van der Waals surface area contributed by atoms with E-state index in [0.717, 1.165) is 24.9 Å². The van der Waals surface area contributed by atoms with E-state index in [1.165, 1.54) is 6.07 Å². The Bertz CT molecular complexity index is 405. The van der Waals surface area contributed by atoms with Crippen molar-refractivity contribution in [2.45, 2.75) is 25.8 Å². The van der Waals surface area contributed by atoms with Gasteiger partial charge in [0.25, 0.3) is 0 Å². The fraction of sp³-hybridized carbons (Fsp3) is 0.417. The van der Waals surface area contributed by atoms with Crippen LogP contribution in [-0.4, -0.2) is 18.5 Å². The van der Waals surface area contributed by atoms with Crippen LogP contribution >= 0.6 is 12.4 Å². The number of nitrogens with one attached hydrogen (secondary N) is 2. The van der Waals surface area contributed by atoms with E-state index in [0.29, 0.717) is 0 Å². The van der Waals surface area contributed by atoms with Crippen molar-refractivity contribution >= 4 is 24.0 Å². The molecule has 1 aromatic carbocycles. The molecule has 2 rings (SSSR count). The zero-order valence-electron chi connectivity index (χ0n) is 9.63. The minimum Gasteiger partial charge on any atom is -0.322 e. The summed E-state index contributed by atoms with van der Waals surface area (Å²) in [6.45, 7) is 2.67. The molecule has 1 atom stereocenters. The van der Waals surface area contributed by atoms with Gasteiger partial charge in [-0.05, 0) is 44.0 Å². The number of carbonyl (C=O) groups is 1. The van der Waals surface area contributed by atoms with Crippen LogP contribution in [0.4, 0.5) is 10.1 Å². The molecule has 0 bridgehead atoms. The van der Waals surface area contributed by atoms with Crippen molar-refractivity contribution in [2.75, 3.05) is 11.9 Å². The Balaban J connectivity index is 0.00000144. The second-order valence-electron chi connectivity index (χ2n) is 4.12. The Morgan fingerprint density at radius 2 is 2.29 bits per heavy atom. The minimum absolute atomic E-state index is 0. The van der Waals surface area contributed by atoms with Crippen LogP contribution in [0, 0.1) is 12.7 Å². The van der Waals surface area contributed by atoms with Crippen molar-refractivity contribution in [3.8, 4) is 0 Å². The number of hydrogen-bond donors (Lipinski definition) is 2. The summed E-state index contributed by atoms with van der Waals surface area (Å²) in [4.78, 5) is 11.7. The summed E-state index contributed by atoms with van der Waals surface area (Å²) in [5.74, 6) is -0.536. The topological polar surface area (TPSA) is 41.1 Å². The Labute approximate surface area is 106 Å². The predicted octanol–water partition coefficient (Wildman–Crippen LogP) is 2.25. The molecule has 0 radical (unpaired) electrons. The summed E-state index contributed by atoms with van der Waals surface area (Å²) in [5.41, 5.74) is 1.10. The molecule has 1 heterocycles. The molecular weight excluding hydrogens is 243 g/mol. The molecule has 17 heavy (non-hydrogen) atoms. The van der Waals surface area contributed by atoms with E-state index in [1.54, 1.807) is 12.1 Å². The van der Waals surface area contributed by atoms with Gasteiger partial charge < -0.3 is 10.6 Å². The molecule has 0 aliphatic carbocycles. The Morgan fingerprint density at radius 1 is 1.53 bits per heavy atom. The van der Waals surface area contributed by atoms with Gasteiger partial charge in [0.15, 0.2) is 0 Å². The molecule has 94 valence electrons. The van der Waals surface area contributed by atoms with E-state index in [9.17, 15) is 9.18 Å². The van der Waals surface area contributed by atoms with Gasteiger partial charge >= 0.3 is 0 Å². The quantitative estimate of drug-likeness (QED) is 0.854. The van der Waals surface area contributed by atoms with Crippen LogP contribution in [0.25, 0.3) is 0 Å². The number of halogens is 2. The smallest absolute Gasteiger partial charge is 0.241 e. The van der Waals surface area contributed by atoms with E-state index in [4.69, 9.17) is 0 Å². The van der Waals surface area contributed by atoms with Gasteiger partial charge in [-0.2, -0.15) is 0 Å². The van der Waals surface area contributed by atoms with Crippen LogP contribution in [0.15, 0.2) is 18.2 Å². The van der Waals surface area contributed by atoms with Gasteiger partial charge in [-0.3, -0.25) is 4.79 Å². The van der Waals surface area contributed by atoms with Gasteiger partial charge in [0.05, 0.1) is 11.7 Å². The van der Waals surface area contributed by atoms with Crippen LogP contribution in [0.5, 0.6) is 0 Å². The first kappa shape index (κ1) is 13.9. The van der Waals surface area contributed by atoms with Crippen molar-refractivity contribution in [1.29, 1.82) is 0 Å². The normalized spacial score (nSPS) is 18.6. The maximum absolute atomic E-state index is 13.5. The van der Waals surface area contributed by atoms with Gasteiger partial charge in [-0.1, -0.05) is 6.07 Å². The zero-order valence-corrected chi connectivity index (χ0v) is 10.4. The first-order chi connectivity index (χ1) is 7.66. The van der Waals surface area contributed by atoms with E-state index in [2.05, 4.69) is 10.6 Å². The van der Waals surface area contributed by atoms with Crippen LogP contribution in [0.1, 0.15) is 18.4 Å². The first-order valence-electron chi connectivity index (χ1n) is 5.47. The molecule has 1 saturated heterocycles. The second kappa shape index (κ2) is 5.98. The highest BCUT2D eigenvalue weighted by Crippen LogP contribution is 2.16. The monoisotopic (exact) mass is 258 g/mol. The number of benzene rings is 1. The first-order valence-corrected chi connectivity index (χ1v) is 5.47. The maximum Gasteiger partial charge on any atom is 0.241 e. The average molecular weight is 259 g/mol. The number of carbonyl (C=O) groups excluding carboxylic acids is 1. The average Bonchev–Trinajstić information content (AvgIpc) is 2.75. The fourth-order valence-electron chi connectivity index (χ4n) is 1.85. The second-order valence-corrected chi connectivity index (χ2v) is 4.12. The summed E-state index contributed by atoms with van der Waals surface area (Å²) in [6, 6.07) is 4.61. The number of amides is 1. The third kappa shape index (κ3) is 3.41. The molecule has 1 fully saturated rings. The van der Waals surface area contributed by atoms with Gasteiger partial charge in [0.1, 0.15) is 5.82 Å². The molecule has 5 heteroatoms. The largest absolute Gasteiger partial charge is 0.322 e. The van der Waals surface area contributed by atoms with Crippen molar-refractivity contribution < 1.29 is 9.18 Å². The molecule has 0 spiro atoms. The van der Waals surface area contributed by atoms with Gasteiger partial charge in [-0.25, -0.2) is 4.39 Å².